The second-order valence-electron chi connectivity index (χ2n) is 4.11. The van der Waals surface area contributed by atoms with Gasteiger partial charge in [0.15, 0.2) is 5.78 Å². The molecule has 1 saturated heterocycles. The van der Waals surface area contributed by atoms with Crippen LogP contribution in [0.4, 0.5) is 0 Å². The van der Waals surface area contributed by atoms with Crippen LogP contribution in [0.5, 0.6) is 0 Å². The summed E-state index contributed by atoms with van der Waals surface area (Å²) in [6, 6.07) is 3.55. The third kappa shape index (κ3) is 2.28. The number of pyridine rings is 1. The number of methoxy groups -OCH3 is 1. The number of ketones is 1. The second-order valence-corrected chi connectivity index (χ2v) is 4.11. The zero-order chi connectivity index (χ0) is 11.5. The summed E-state index contributed by atoms with van der Waals surface area (Å²) >= 11 is 0. The zero-order valence-electron chi connectivity index (χ0n) is 9.56. The van der Waals surface area contributed by atoms with Crippen LogP contribution in [-0.4, -0.2) is 36.6 Å². The van der Waals surface area contributed by atoms with Crippen LogP contribution in [0.1, 0.15) is 22.5 Å². The second kappa shape index (κ2) is 4.72. The molecule has 1 aromatic rings. The van der Waals surface area contributed by atoms with E-state index in [0.29, 0.717) is 5.56 Å². The molecule has 1 aromatic heterocycles. The van der Waals surface area contributed by atoms with Crippen LogP contribution in [0.25, 0.3) is 0 Å². The Labute approximate surface area is 95.0 Å². The van der Waals surface area contributed by atoms with Crippen molar-refractivity contribution < 1.29 is 9.53 Å². The van der Waals surface area contributed by atoms with Crippen molar-refractivity contribution in [3.63, 3.8) is 0 Å². The molecule has 2 rings (SSSR count). The predicted molar refractivity (Wildman–Crippen MR) is 60.5 cm³/mol. The fraction of sp³-hybridized carbons (Fsp3) is 0.500. The third-order valence-corrected chi connectivity index (χ3v) is 2.94. The molecule has 2 heterocycles. The van der Waals surface area contributed by atoms with Gasteiger partial charge in [-0.2, -0.15) is 0 Å². The van der Waals surface area contributed by atoms with Crippen molar-refractivity contribution in [2.45, 2.75) is 25.5 Å². The number of nitrogens with zero attached hydrogens (tertiary/aromatic N) is 1. The van der Waals surface area contributed by atoms with Crippen molar-refractivity contribution in [2.24, 2.45) is 0 Å². The Morgan fingerprint density at radius 3 is 2.94 bits per heavy atom. The Hall–Kier alpha value is -1.26. The highest BCUT2D eigenvalue weighted by atomic mass is 16.5. The number of hydrogen-bond acceptors (Lipinski definition) is 4. The van der Waals surface area contributed by atoms with E-state index in [1.54, 1.807) is 13.3 Å². The van der Waals surface area contributed by atoms with E-state index in [2.05, 4.69) is 10.3 Å². The molecule has 0 aromatic carbocycles. The lowest BCUT2D eigenvalue weighted by Crippen LogP contribution is -2.30. The van der Waals surface area contributed by atoms with E-state index in [9.17, 15) is 4.79 Å². The minimum atomic E-state index is -0.130. The molecule has 1 N–H and O–H groups in total. The molecule has 0 spiro atoms. The number of hydrogen-bond donors (Lipinski definition) is 1. The molecular weight excluding hydrogens is 204 g/mol. The van der Waals surface area contributed by atoms with Crippen molar-refractivity contribution in [3.05, 3.63) is 29.6 Å². The lowest BCUT2D eigenvalue weighted by atomic mass is 10.0. The van der Waals surface area contributed by atoms with Crippen LogP contribution >= 0.6 is 0 Å². The van der Waals surface area contributed by atoms with Crippen LogP contribution in [0, 0.1) is 6.92 Å². The number of aromatic nitrogens is 1. The van der Waals surface area contributed by atoms with Gasteiger partial charge in [-0.3, -0.25) is 9.78 Å². The molecule has 0 bridgehead atoms. The van der Waals surface area contributed by atoms with E-state index in [4.69, 9.17) is 4.74 Å². The first kappa shape index (κ1) is 11.2. The number of Topliss-reactive ketones (excluding diaryl/α,β-unsaturated/α-hetero) is 1. The van der Waals surface area contributed by atoms with Gasteiger partial charge in [0.2, 0.25) is 0 Å². The van der Waals surface area contributed by atoms with Gasteiger partial charge in [0, 0.05) is 31.1 Å². The molecule has 0 saturated carbocycles. The summed E-state index contributed by atoms with van der Waals surface area (Å²) in [7, 11) is 1.67. The van der Waals surface area contributed by atoms with Crippen LogP contribution in [-0.2, 0) is 4.74 Å². The van der Waals surface area contributed by atoms with E-state index >= 15 is 0 Å². The minimum absolute atomic E-state index is 0.104. The highest BCUT2D eigenvalue weighted by Crippen LogP contribution is 2.14. The van der Waals surface area contributed by atoms with Crippen LogP contribution in [0.3, 0.4) is 0 Å². The molecule has 0 aliphatic carbocycles. The first-order valence-electron chi connectivity index (χ1n) is 5.43. The number of nitrogens with one attached hydrogen (secondary N) is 1. The average molecular weight is 220 g/mol. The number of carbonyl (C=O) groups excluding carboxylic acids is 1. The summed E-state index contributed by atoms with van der Waals surface area (Å²) in [5.41, 5.74) is 1.59. The summed E-state index contributed by atoms with van der Waals surface area (Å²) in [6.45, 7) is 2.65. The SMILES string of the molecule is COC1CNC(C(=O)c2ccc(C)nc2)C1. The monoisotopic (exact) mass is 220 g/mol. The Balaban J connectivity index is 2.05. The maximum absolute atomic E-state index is 12.1. The van der Waals surface area contributed by atoms with Gasteiger partial charge in [0.1, 0.15) is 0 Å². The molecule has 4 nitrogen and oxygen atoms in total. The van der Waals surface area contributed by atoms with Gasteiger partial charge >= 0.3 is 0 Å². The topological polar surface area (TPSA) is 51.2 Å². The van der Waals surface area contributed by atoms with Gasteiger partial charge < -0.3 is 10.1 Å². The summed E-state index contributed by atoms with van der Waals surface area (Å²) < 4.78 is 5.22. The van der Waals surface area contributed by atoms with Crippen LogP contribution in [0.15, 0.2) is 18.3 Å². The number of ether oxygens (including phenoxy) is 1. The number of carbonyl (C=O) groups is 1. The van der Waals surface area contributed by atoms with Gasteiger partial charge in [-0.15, -0.1) is 0 Å². The number of rotatable bonds is 3. The van der Waals surface area contributed by atoms with Gasteiger partial charge in [-0.1, -0.05) is 0 Å². The van der Waals surface area contributed by atoms with E-state index in [0.717, 1.165) is 18.7 Å². The smallest absolute Gasteiger partial charge is 0.181 e. The van der Waals surface area contributed by atoms with Crippen molar-refractivity contribution in [1.82, 2.24) is 10.3 Å². The van der Waals surface area contributed by atoms with Crippen molar-refractivity contribution in [2.75, 3.05) is 13.7 Å². The minimum Gasteiger partial charge on any atom is -0.380 e. The quantitative estimate of drug-likeness (QED) is 0.770. The highest BCUT2D eigenvalue weighted by molar-refractivity contribution is 6.00. The Bertz CT molecular complexity index is 375. The first-order valence-corrected chi connectivity index (χ1v) is 5.43. The fourth-order valence-corrected chi connectivity index (χ4v) is 1.90. The van der Waals surface area contributed by atoms with Gasteiger partial charge in [-0.25, -0.2) is 0 Å². The van der Waals surface area contributed by atoms with Crippen molar-refractivity contribution >= 4 is 5.78 Å². The maximum atomic E-state index is 12.1. The zero-order valence-corrected chi connectivity index (χ0v) is 9.56. The Morgan fingerprint density at radius 2 is 2.38 bits per heavy atom. The molecule has 4 heteroatoms. The molecule has 1 aliphatic rings. The number of aryl methyl sites for hydroxylation is 1. The van der Waals surface area contributed by atoms with E-state index in [1.165, 1.54) is 0 Å². The molecule has 0 radical (unpaired) electrons. The highest BCUT2D eigenvalue weighted by Gasteiger charge is 2.29. The standard InChI is InChI=1S/C12H16N2O2/c1-8-3-4-9(6-13-8)12(15)11-5-10(16-2)7-14-11/h3-4,6,10-11,14H,5,7H2,1-2H3. The molecule has 86 valence electrons. The van der Waals surface area contributed by atoms with Crippen LogP contribution in [0.2, 0.25) is 0 Å². The van der Waals surface area contributed by atoms with Crippen molar-refractivity contribution in [1.29, 1.82) is 0 Å². The third-order valence-electron chi connectivity index (χ3n) is 2.94. The average Bonchev–Trinajstić information content (AvgIpc) is 2.77. The largest absolute Gasteiger partial charge is 0.380 e. The molecule has 0 amide bonds. The van der Waals surface area contributed by atoms with E-state index in [-0.39, 0.29) is 17.9 Å². The van der Waals surface area contributed by atoms with Gasteiger partial charge in [-0.05, 0) is 25.5 Å². The molecule has 1 fully saturated rings. The molecule has 2 unspecified atom stereocenters. The molecule has 2 atom stereocenters. The van der Waals surface area contributed by atoms with Crippen LogP contribution < -0.4 is 5.32 Å². The maximum Gasteiger partial charge on any atom is 0.181 e. The summed E-state index contributed by atoms with van der Waals surface area (Å²) in [4.78, 5) is 16.2. The molecule has 16 heavy (non-hydrogen) atoms. The Kier molecular flexibility index (Phi) is 3.31. The normalized spacial score (nSPS) is 24.6. The molecular formula is C12H16N2O2. The summed E-state index contributed by atoms with van der Waals surface area (Å²) in [6.07, 6.45) is 2.52. The lowest BCUT2D eigenvalue weighted by Gasteiger charge is -2.09. The molecule has 1 aliphatic heterocycles. The predicted octanol–water partition coefficient (Wildman–Crippen LogP) is 0.950. The fourth-order valence-electron chi connectivity index (χ4n) is 1.90. The summed E-state index contributed by atoms with van der Waals surface area (Å²) in [5.74, 6) is 0.104. The van der Waals surface area contributed by atoms with Gasteiger partial charge in [0.25, 0.3) is 0 Å². The van der Waals surface area contributed by atoms with Gasteiger partial charge in [0.05, 0.1) is 12.1 Å². The van der Waals surface area contributed by atoms with E-state index < -0.39 is 0 Å². The first-order chi connectivity index (χ1) is 7.70. The van der Waals surface area contributed by atoms with Crippen molar-refractivity contribution in [3.8, 4) is 0 Å². The van der Waals surface area contributed by atoms with E-state index in [1.807, 2.05) is 19.1 Å². The lowest BCUT2D eigenvalue weighted by molar-refractivity contribution is 0.0918. The Morgan fingerprint density at radius 1 is 1.56 bits per heavy atom. The summed E-state index contributed by atoms with van der Waals surface area (Å²) in [5, 5.41) is 3.17.